The Morgan fingerprint density at radius 2 is 1.79 bits per heavy atom. The average Bonchev–Trinajstić information content (AvgIpc) is 3.03. The summed E-state index contributed by atoms with van der Waals surface area (Å²) in [5.41, 5.74) is 4.86. The molecule has 0 unspecified atom stereocenters. The van der Waals surface area contributed by atoms with Crippen molar-refractivity contribution in [1.29, 1.82) is 0 Å². The van der Waals surface area contributed by atoms with Crippen molar-refractivity contribution in [2.24, 2.45) is 0 Å². The molecule has 0 N–H and O–H groups in total. The first kappa shape index (κ1) is 14.8. The quantitative estimate of drug-likeness (QED) is 0.709. The fourth-order valence-corrected chi connectivity index (χ4v) is 3.38. The van der Waals surface area contributed by atoms with Gasteiger partial charge >= 0.3 is 0 Å². The summed E-state index contributed by atoms with van der Waals surface area (Å²) in [6, 6.07) is 21.5. The monoisotopic (exact) mass is 315 g/mol. The first-order valence-corrected chi connectivity index (χ1v) is 8.32. The van der Waals surface area contributed by atoms with E-state index in [9.17, 15) is 0 Å². The van der Waals surface area contributed by atoms with Gasteiger partial charge in [-0.05, 0) is 24.6 Å². The van der Waals surface area contributed by atoms with Crippen LogP contribution < -0.4 is 0 Å². The summed E-state index contributed by atoms with van der Waals surface area (Å²) < 4.78 is 0. The molecule has 2 aromatic carbocycles. The molecule has 4 rings (SSSR count). The third kappa shape index (κ3) is 2.52. The molecule has 3 aromatic rings. The van der Waals surface area contributed by atoms with Gasteiger partial charge in [-0.3, -0.25) is 4.98 Å². The predicted molar refractivity (Wildman–Crippen MR) is 99.0 cm³/mol. The van der Waals surface area contributed by atoms with Crippen LogP contribution >= 0.6 is 0 Å². The molecule has 1 aliphatic heterocycles. The smallest absolute Gasteiger partial charge is 0.0902 e. The molecule has 2 heterocycles. The van der Waals surface area contributed by atoms with Gasteiger partial charge in [0.05, 0.1) is 23.9 Å². The normalized spacial score (nSPS) is 15.7. The van der Waals surface area contributed by atoms with E-state index in [1.54, 1.807) is 0 Å². The van der Waals surface area contributed by atoms with Crippen LogP contribution in [-0.4, -0.2) is 28.5 Å². The van der Waals surface area contributed by atoms with Crippen LogP contribution in [-0.2, 0) is 0 Å². The highest BCUT2D eigenvalue weighted by Gasteiger charge is 2.24. The molecule has 0 radical (unpaired) electrons. The SMILES string of the molecule is C[C@@H](c1ccccc1)N1C=C(c2cccc3ncccc23)N(C)C1. The predicted octanol–water partition coefficient (Wildman–Crippen LogP) is 4.50. The van der Waals surface area contributed by atoms with E-state index in [1.165, 1.54) is 22.2 Å². The minimum atomic E-state index is 0.347. The van der Waals surface area contributed by atoms with Crippen LogP contribution in [0.15, 0.2) is 73.1 Å². The van der Waals surface area contributed by atoms with Crippen molar-refractivity contribution in [2.45, 2.75) is 13.0 Å². The topological polar surface area (TPSA) is 19.4 Å². The maximum absolute atomic E-state index is 4.48. The summed E-state index contributed by atoms with van der Waals surface area (Å²) in [6.07, 6.45) is 4.13. The van der Waals surface area contributed by atoms with Gasteiger partial charge in [-0.2, -0.15) is 0 Å². The highest BCUT2D eigenvalue weighted by molar-refractivity contribution is 5.91. The molecule has 24 heavy (non-hydrogen) atoms. The number of aromatic nitrogens is 1. The molecule has 3 nitrogen and oxygen atoms in total. The van der Waals surface area contributed by atoms with E-state index in [4.69, 9.17) is 0 Å². The van der Waals surface area contributed by atoms with E-state index in [0.29, 0.717) is 6.04 Å². The summed E-state index contributed by atoms with van der Waals surface area (Å²) in [5, 5.41) is 1.20. The van der Waals surface area contributed by atoms with Crippen LogP contribution in [0.3, 0.4) is 0 Å². The van der Waals surface area contributed by atoms with E-state index in [0.717, 1.165) is 12.2 Å². The number of hydrogen-bond acceptors (Lipinski definition) is 3. The van der Waals surface area contributed by atoms with Gasteiger partial charge in [0.2, 0.25) is 0 Å². The summed E-state index contributed by atoms with van der Waals surface area (Å²) in [6.45, 7) is 3.15. The van der Waals surface area contributed by atoms with Gasteiger partial charge in [-0.1, -0.05) is 48.5 Å². The third-order valence-corrected chi connectivity index (χ3v) is 4.78. The van der Waals surface area contributed by atoms with Crippen LogP contribution in [0.25, 0.3) is 16.6 Å². The third-order valence-electron chi connectivity index (χ3n) is 4.78. The molecule has 0 saturated heterocycles. The molecular formula is C21H21N3. The molecule has 1 aliphatic rings. The number of rotatable bonds is 3. The molecule has 120 valence electrons. The Labute approximate surface area is 142 Å². The van der Waals surface area contributed by atoms with Crippen LogP contribution in [0.5, 0.6) is 0 Å². The second-order valence-electron chi connectivity index (χ2n) is 6.33. The fraction of sp³-hybridized carbons (Fsp3) is 0.190. The summed E-state index contributed by atoms with van der Waals surface area (Å²) in [4.78, 5) is 9.18. The van der Waals surface area contributed by atoms with Gasteiger partial charge < -0.3 is 9.80 Å². The van der Waals surface area contributed by atoms with E-state index >= 15 is 0 Å². The van der Waals surface area contributed by atoms with Crippen LogP contribution in [0.2, 0.25) is 0 Å². The van der Waals surface area contributed by atoms with Crippen molar-refractivity contribution in [3.63, 3.8) is 0 Å². The van der Waals surface area contributed by atoms with E-state index in [-0.39, 0.29) is 0 Å². The summed E-state index contributed by atoms with van der Waals surface area (Å²) in [5.74, 6) is 0. The van der Waals surface area contributed by atoms with Crippen molar-refractivity contribution >= 4 is 16.6 Å². The Morgan fingerprint density at radius 1 is 0.958 bits per heavy atom. The van der Waals surface area contributed by atoms with Crippen molar-refractivity contribution in [3.05, 3.63) is 84.2 Å². The van der Waals surface area contributed by atoms with Crippen molar-refractivity contribution < 1.29 is 0 Å². The average molecular weight is 315 g/mol. The van der Waals surface area contributed by atoms with Gasteiger partial charge in [0, 0.05) is 30.4 Å². The Hall–Kier alpha value is -2.81. The fourth-order valence-electron chi connectivity index (χ4n) is 3.38. The molecule has 0 bridgehead atoms. The lowest BCUT2D eigenvalue weighted by Gasteiger charge is -2.26. The highest BCUT2D eigenvalue weighted by Crippen LogP contribution is 2.33. The Kier molecular flexibility index (Phi) is 3.69. The van der Waals surface area contributed by atoms with Gasteiger partial charge in [-0.15, -0.1) is 0 Å². The minimum Gasteiger partial charge on any atom is -0.355 e. The number of nitrogens with zero attached hydrogens (tertiary/aromatic N) is 3. The van der Waals surface area contributed by atoms with E-state index in [2.05, 4.69) is 89.6 Å². The lowest BCUT2D eigenvalue weighted by molar-refractivity contribution is 0.247. The van der Waals surface area contributed by atoms with Crippen molar-refractivity contribution in [2.75, 3.05) is 13.7 Å². The molecule has 1 atom stereocenters. The Bertz CT molecular complexity index is 880. The molecule has 0 fully saturated rings. The Morgan fingerprint density at radius 3 is 2.62 bits per heavy atom. The molecule has 0 aliphatic carbocycles. The second-order valence-corrected chi connectivity index (χ2v) is 6.33. The molecule has 0 spiro atoms. The second kappa shape index (κ2) is 6.00. The maximum Gasteiger partial charge on any atom is 0.0902 e. The first-order valence-electron chi connectivity index (χ1n) is 8.32. The summed E-state index contributed by atoms with van der Waals surface area (Å²) >= 11 is 0. The van der Waals surface area contributed by atoms with Gasteiger partial charge in [0.25, 0.3) is 0 Å². The lowest BCUT2D eigenvalue weighted by Crippen LogP contribution is -2.25. The maximum atomic E-state index is 4.48. The number of benzene rings is 2. The van der Waals surface area contributed by atoms with Crippen molar-refractivity contribution in [1.82, 2.24) is 14.8 Å². The Balaban J connectivity index is 1.72. The van der Waals surface area contributed by atoms with Crippen LogP contribution in [0.1, 0.15) is 24.1 Å². The van der Waals surface area contributed by atoms with Gasteiger partial charge in [0.1, 0.15) is 0 Å². The van der Waals surface area contributed by atoms with Gasteiger partial charge in [-0.25, -0.2) is 0 Å². The summed E-state index contributed by atoms with van der Waals surface area (Å²) in [7, 11) is 2.15. The van der Waals surface area contributed by atoms with E-state index in [1.807, 2.05) is 12.3 Å². The zero-order chi connectivity index (χ0) is 16.5. The van der Waals surface area contributed by atoms with E-state index < -0.39 is 0 Å². The first-order chi connectivity index (χ1) is 11.7. The largest absolute Gasteiger partial charge is 0.355 e. The number of pyridine rings is 1. The lowest BCUT2D eigenvalue weighted by atomic mass is 10.1. The van der Waals surface area contributed by atoms with Gasteiger partial charge in [0.15, 0.2) is 0 Å². The number of hydrogen-bond donors (Lipinski definition) is 0. The van der Waals surface area contributed by atoms with Crippen molar-refractivity contribution in [3.8, 4) is 0 Å². The highest BCUT2D eigenvalue weighted by atomic mass is 15.4. The zero-order valence-corrected chi connectivity index (χ0v) is 14.1. The molecule has 0 amide bonds. The minimum absolute atomic E-state index is 0.347. The molecule has 0 saturated carbocycles. The standard InChI is InChI=1S/C21H21N3/c1-16(17-8-4-3-5-9-17)24-14-21(23(2)15-24)19-10-6-12-20-18(19)11-7-13-22-20/h3-14,16H,15H2,1-2H3/t16-/m0/s1. The molecular weight excluding hydrogens is 294 g/mol. The van der Waals surface area contributed by atoms with Crippen LogP contribution in [0, 0.1) is 0 Å². The zero-order valence-electron chi connectivity index (χ0n) is 14.1. The molecule has 3 heteroatoms. The van der Waals surface area contributed by atoms with Crippen LogP contribution in [0.4, 0.5) is 0 Å². The molecule has 1 aromatic heterocycles. The number of fused-ring (bicyclic) bond motifs is 1.